The van der Waals surface area contributed by atoms with Gasteiger partial charge in [-0.1, -0.05) is 0 Å². The van der Waals surface area contributed by atoms with Crippen molar-refractivity contribution in [2.75, 3.05) is 13.7 Å². The molecule has 0 N–H and O–H groups in total. The molecule has 0 spiro atoms. The van der Waals surface area contributed by atoms with E-state index in [4.69, 9.17) is 4.74 Å². The van der Waals surface area contributed by atoms with E-state index in [2.05, 4.69) is 30.9 Å². The zero-order chi connectivity index (χ0) is 12.3. The summed E-state index contributed by atoms with van der Waals surface area (Å²) < 4.78 is 6.54. The van der Waals surface area contributed by atoms with Crippen molar-refractivity contribution in [3.8, 4) is 0 Å². The molecule has 0 aromatic heterocycles. The second-order valence-corrected chi connectivity index (χ2v) is 6.25. The Kier molecular flexibility index (Phi) is 7.79. The number of hydrogen-bond acceptors (Lipinski definition) is 1. The van der Waals surface area contributed by atoms with Crippen molar-refractivity contribution in [2.24, 2.45) is 0 Å². The Balaban J connectivity index is 2.64. The number of hydrogen-bond donors (Lipinski definition) is 0. The van der Waals surface area contributed by atoms with Crippen molar-refractivity contribution in [3.63, 3.8) is 0 Å². The normalized spacial score (nSPS) is 9.76. The van der Waals surface area contributed by atoms with Crippen molar-refractivity contribution in [2.45, 2.75) is 25.1 Å². The second kappa shape index (κ2) is 9.27. The van der Waals surface area contributed by atoms with Gasteiger partial charge in [-0.05, 0) is 0 Å². The molecule has 0 aliphatic rings. The van der Waals surface area contributed by atoms with E-state index in [9.17, 15) is 0 Å². The second-order valence-electron chi connectivity index (χ2n) is 3.76. The summed E-state index contributed by atoms with van der Waals surface area (Å²) in [5.41, 5.74) is 4.59. The Hall–Kier alpha value is -0.781. The van der Waals surface area contributed by atoms with Gasteiger partial charge >= 0.3 is 111 Å². The Labute approximate surface area is 111 Å². The molecular weight excluding hydrogens is 275 g/mol. The monoisotopic (exact) mass is 296 g/mol. The van der Waals surface area contributed by atoms with E-state index in [1.54, 1.807) is 7.11 Å². The zero-order valence-electron chi connectivity index (χ0n) is 10.6. The summed E-state index contributed by atoms with van der Waals surface area (Å²) >= 11 is 0.525. The molecule has 92 valence electrons. The third kappa shape index (κ3) is 6.51. The van der Waals surface area contributed by atoms with E-state index >= 15 is 0 Å². The molecule has 17 heavy (non-hydrogen) atoms. The molecule has 0 aliphatic heterocycles. The first kappa shape index (κ1) is 14.3. The minimum absolute atomic E-state index is 0.525. The molecular formula is C15H20OSe. The third-order valence-electron chi connectivity index (χ3n) is 2.25. The van der Waals surface area contributed by atoms with Crippen LogP contribution in [0.25, 0.3) is 6.08 Å². The van der Waals surface area contributed by atoms with Crippen LogP contribution in [0, 0.1) is 0 Å². The summed E-state index contributed by atoms with van der Waals surface area (Å²) in [4.78, 5) is 0. The Bertz CT molecular complexity index is 364. The molecule has 1 nitrogen and oxygen atoms in total. The van der Waals surface area contributed by atoms with E-state index in [-0.39, 0.29) is 0 Å². The van der Waals surface area contributed by atoms with Gasteiger partial charge < -0.3 is 0 Å². The zero-order valence-corrected chi connectivity index (χ0v) is 12.3. The summed E-state index contributed by atoms with van der Waals surface area (Å²) in [6.07, 6.45) is 4.63. The van der Waals surface area contributed by atoms with E-state index < -0.39 is 0 Å². The van der Waals surface area contributed by atoms with Gasteiger partial charge in [0.05, 0.1) is 0 Å². The summed E-state index contributed by atoms with van der Waals surface area (Å²) in [5, 5.41) is 1.29. The summed E-state index contributed by atoms with van der Waals surface area (Å²) in [6, 6.07) is 10.3. The van der Waals surface area contributed by atoms with Crippen LogP contribution in [0.15, 0.2) is 40.5 Å². The first-order valence-electron chi connectivity index (χ1n) is 5.99. The minimum atomic E-state index is 0.525. The Morgan fingerprint density at radius 2 is 2.12 bits per heavy atom. The van der Waals surface area contributed by atoms with E-state index in [1.807, 2.05) is 18.2 Å². The predicted octanol–water partition coefficient (Wildman–Crippen LogP) is 3.75. The van der Waals surface area contributed by atoms with E-state index in [0.29, 0.717) is 21.6 Å². The molecule has 0 atom stereocenters. The van der Waals surface area contributed by atoms with Crippen LogP contribution >= 0.6 is 0 Å². The van der Waals surface area contributed by atoms with Gasteiger partial charge in [-0.3, -0.25) is 0 Å². The molecule has 0 saturated heterocycles. The van der Waals surface area contributed by atoms with Crippen LogP contribution in [-0.4, -0.2) is 28.7 Å². The molecule has 1 aromatic rings. The molecule has 0 unspecified atom stereocenters. The summed E-state index contributed by atoms with van der Waals surface area (Å²) in [6.45, 7) is 2.95. The Morgan fingerprint density at radius 3 is 2.76 bits per heavy atom. The molecule has 0 fully saturated rings. The van der Waals surface area contributed by atoms with Crippen molar-refractivity contribution in [1.29, 1.82) is 0 Å². The molecule has 0 saturated carbocycles. The van der Waals surface area contributed by atoms with Gasteiger partial charge in [0.2, 0.25) is 0 Å². The van der Waals surface area contributed by atoms with Crippen LogP contribution in [0.2, 0.25) is 5.32 Å². The van der Waals surface area contributed by atoms with Crippen LogP contribution in [0.1, 0.15) is 25.3 Å². The number of benzene rings is 1. The fourth-order valence-corrected chi connectivity index (χ4v) is 3.45. The number of methoxy groups -OCH3 is 1. The molecule has 0 bridgehead atoms. The third-order valence-corrected chi connectivity index (χ3v) is 4.51. The molecule has 0 amide bonds. The van der Waals surface area contributed by atoms with Crippen LogP contribution in [-0.2, 0) is 4.74 Å². The number of rotatable bonds is 7. The number of ether oxygens (including phenoxy) is 1. The fourth-order valence-electron chi connectivity index (χ4n) is 1.31. The molecule has 0 aliphatic carbocycles. The van der Waals surface area contributed by atoms with Gasteiger partial charge in [-0.2, -0.15) is 0 Å². The van der Waals surface area contributed by atoms with Crippen molar-refractivity contribution < 1.29 is 4.74 Å². The topological polar surface area (TPSA) is 9.23 Å². The summed E-state index contributed by atoms with van der Waals surface area (Å²) in [5.74, 6) is 0. The Morgan fingerprint density at radius 1 is 1.35 bits per heavy atom. The average Bonchev–Trinajstić information content (AvgIpc) is 2.37. The van der Waals surface area contributed by atoms with Gasteiger partial charge in [0.25, 0.3) is 0 Å². The average molecular weight is 295 g/mol. The number of unbranched alkanes of at least 4 members (excludes halogenated alkanes) is 1. The SMILES string of the molecule is CCCC[Se]C(=C=Cc1ccccc1)COC. The van der Waals surface area contributed by atoms with Crippen molar-refractivity contribution >= 4 is 21.0 Å². The molecule has 1 rings (SSSR count). The quantitative estimate of drug-likeness (QED) is 0.423. The molecule has 2 heteroatoms. The van der Waals surface area contributed by atoms with Crippen LogP contribution in [0.5, 0.6) is 0 Å². The van der Waals surface area contributed by atoms with Crippen molar-refractivity contribution in [1.82, 2.24) is 0 Å². The molecule has 0 heterocycles. The van der Waals surface area contributed by atoms with E-state index in [0.717, 1.165) is 0 Å². The van der Waals surface area contributed by atoms with Crippen LogP contribution in [0.3, 0.4) is 0 Å². The maximum absolute atomic E-state index is 5.22. The van der Waals surface area contributed by atoms with Gasteiger partial charge in [-0.25, -0.2) is 0 Å². The standard InChI is InChI=1S/C15H20OSe/c1-3-4-12-17-15(13-16-2)11-10-14-8-6-5-7-9-14/h5-10H,3-4,12-13H2,1-2H3. The van der Waals surface area contributed by atoms with Crippen LogP contribution < -0.4 is 0 Å². The van der Waals surface area contributed by atoms with Gasteiger partial charge in [0.15, 0.2) is 0 Å². The predicted molar refractivity (Wildman–Crippen MR) is 75.3 cm³/mol. The first-order valence-corrected chi connectivity index (χ1v) is 8.06. The van der Waals surface area contributed by atoms with Crippen LogP contribution in [0.4, 0.5) is 0 Å². The summed E-state index contributed by atoms with van der Waals surface area (Å²) in [7, 11) is 1.75. The fraction of sp³-hybridized carbons (Fsp3) is 0.400. The van der Waals surface area contributed by atoms with Gasteiger partial charge in [-0.15, -0.1) is 0 Å². The first-order chi connectivity index (χ1) is 8.36. The van der Waals surface area contributed by atoms with Crippen molar-refractivity contribution in [3.05, 3.63) is 46.1 Å². The molecule has 0 radical (unpaired) electrons. The maximum atomic E-state index is 5.22. The van der Waals surface area contributed by atoms with E-state index in [1.165, 1.54) is 28.2 Å². The molecule has 1 aromatic carbocycles. The van der Waals surface area contributed by atoms with Gasteiger partial charge in [0.1, 0.15) is 0 Å². The van der Waals surface area contributed by atoms with Gasteiger partial charge in [0, 0.05) is 0 Å².